The summed E-state index contributed by atoms with van der Waals surface area (Å²) in [6.45, 7) is 4.84. The average molecular weight is 280 g/mol. The van der Waals surface area contributed by atoms with Crippen molar-refractivity contribution in [2.45, 2.75) is 26.3 Å². The fourth-order valence-corrected chi connectivity index (χ4v) is 1.91. The molecular formula is C18H20N2O. The maximum atomic E-state index is 11.8. The highest BCUT2D eigenvalue weighted by Crippen LogP contribution is 2.15. The minimum atomic E-state index is -0.0975. The minimum absolute atomic E-state index is 0.0975. The standard InChI is InChI=1S/C18H20N2O/c1-14(2)17-6-3-15(4-7-17)5-8-18(21)20-13-16-9-11-19-12-10-16/h3-12,14H,13H2,1-2H3,(H,20,21). The van der Waals surface area contributed by atoms with Crippen molar-refractivity contribution in [3.8, 4) is 0 Å². The average Bonchev–Trinajstić information content (AvgIpc) is 2.52. The van der Waals surface area contributed by atoms with Crippen LogP contribution in [0.15, 0.2) is 54.9 Å². The molecule has 2 aromatic rings. The maximum absolute atomic E-state index is 11.8. The number of benzene rings is 1. The fourth-order valence-electron chi connectivity index (χ4n) is 1.91. The fraction of sp³-hybridized carbons (Fsp3) is 0.222. The largest absolute Gasteiger partial charge is 0.348 e. The normalized spacial score (nSPS) is 11.0. The Morgan fingerprint density at radius 3 is 2.43 bits per heavy atom. The summed E-state index contributed by atoms with van der Waals surface area (Å²) in [6, 6.07) is 12.0. The molecule has 108 valence electrons. The minimum Gasteiger partial charge on any atom is -0.348 e. The van der Waals surface area contributed by atoms with Crippen molar-refractivity contribution in [3.63, 3.8) is 0 Å². The summed E-state index contributed by atoms with van der Waals surface area (Å²) in [4.78, 5) is 15.7. The highest BCUT2D eigenvalue weighted by molar-refractivity contribution is 5.91. The molecule has 0 radical (unpaired) electrons. The van der Waals surface area contributed by atoms with Gasteiger partial charge in [0.05, 0.1) is 0 Å². The van der Waals surface area contributed by atoms with Crippen LogP contribution in [0.2, 0.25) is 0 Å². The lowest BCUT2D eigenvalue weighted by molar-refractivity contribution is -0.116. The molecule has 1 aromatic heterocycles. The maximum Gasteiger partial charge on any atom is 0.244 e. The first-order chi connectivity index (χ1) is 10.1. The van der Waals surface area contributed by atoms with Crippen molar-refractivity contribution in [1.82, 2.24) is 10.3 Å². The Bertz CT molecular complexity index is 601. The molecule has 3 heteroatoms. The number of hydrogen-bond acceptors (Lipinski definition) is 2. The Labute approximate surface area is 125 Å². The van der Waals surface area contributed by atoms with Crippen LogP contribution < -0.4 is 5.32 Å². The third-order valence-electron chi connectivity index (χ3n) is 3.25. The molecule has 3 nitrogen and oxygen atoms in total. The number of nitrogens with one attached hydrogen (secondary N) is 1. The van der Waals surface area contributed by atoms with Crippen LogP contribution >= 0.6 is 0 Å². The van der Waals surface area contributed by atoms with Crippen LogP contribution in [0, 0.1) is 0 Å². The molecule has 0 saturated carbocycles. The van der Waals surface area contributed by atoms with Crippen molar-refractivity contribution in [2.75, 3.05) is 0 Å². The van der Waals surface area contributed by atoms with Gasteiger partial charge in [0.2, 0.25) is 5.91 Å². The van der Waals surface area contributed by atoms with Crippen molar-refractivity contribution in [1.29, 1.82) is 0 Å². The van der Waals surface area contributed by atoms with E-state index in [1.807, 2.05) is 30.3 Å². The molecular weight excluding hydrogens is 260 g/mol. The molecule has 0 spiro atoms. The van der Waals surface area contributed by atoms with Gasteiger partial charge in [-0.15, -0.1) is 0 Å². The van der Waals surface area contributed by atoms with Gasteiger partial charge in [-0.25, -0.2) is 0 Å². The van der Waals surface area contributed by atoms with Gasteiger partial charge < -0.3 is 5.32 Å². The third kappa shape index (κ3) is 4.88. The predicted molar refractivity (Wildman–Crippen MR) is 85.6 cm³/mol. The zero-order valence-corrected chi connectivity index (χ0v) is 12.4. The van der Waals surface area contributed by atoms with Gasteiger partial charge in [0.25, 0.3) is 0 Å². The summed E-state index contributed by atoms with van der Waals surface area (Å²) in [5.41, 5.74) is 3.36. The first-order valence-corrected chi connectivity index (χ1v) is 7.10. The lowest BCUT2D eigenvalue weighted by Gasteiger charge is -2.04. The van der Waals surface area contributed by atoms with Gasteiger partial charge in [-0.2, -0.15) is 0 Å². The summed E-state index contributed by atoms with van der Waals surface area (Å²) >= 11 is 0. The molecule has 0 bridgehead atoms. The number of hydrogen-bond donors (Lipinski definition) is 1. The van der Waals surface area contributed by atoms with Crippen LogP contribution in [0.1, 0.15) is 36.5 Å². The molecule has 1 aromatic carbocycles. The van der Waals surface area contributed by atoms with Gasteiger partial charge in [-0.05, 0) is 40.8 Å². The van der Waals surface area contributed by atoms with Crippen LogP contribution in [0.3, 0.4) is 0 Å². The molecule has 1 heterocycles. The summed E-state index contributed by atoms with van der Waals surface area (Å²) in [7, 11) is 0. The van der Waals surface area contributed by atoms with Crippen LogP contribution in [-0.4, -0.2) is 10.9 Å². The Hall–Kier alpha value is -2.42. The van der Waals surface area contributed by atoms with Gasteiger partial charge in [-0.3, -0.25) is 9.78 Å². The SMILES string of the molecule is CC(C)c1ccc(C=CC(=O)NCc2ccncc2)cc1. The van der Waals surface area contributed by atoms with Crippen LogP contribution in [0.5, 0.6) is 0 Å². The van der Waals surface area contributed by atoms with Gasteiger partial charge in [-0.1, -0.05) is 38.1 Å². The van der Waals surface area contributed by atoms with E-state index in [9.17, 15) is 4.79 Å². The van der Waals surface area contributed by atoms with Crippen molar-refractivity contribution in [2.24, 2.45) is 0 Å². The molecule has 0 unspecified atom stereocenters. The summed E-state index contributed by atoms with van der Waals surface area (Å²) < 4.78 is 0. The number of aromatic nitrogens is 1. The molecule has 2 rings (SSSR count). The summed E-state index contributed by atoms with van der Waals surface area (Å²) in [5.74, 6) is 0.423. The first kappa shape index (κ1) is 15.0. The highest BCUT2D eigenvalue weighted by Gasteiger charge is 1.99. The zero-order chi connectivity index (χ0) is 15.1. The van der Waals surface area contributed by atoms with Crippen LogP contribution in [-0.2, 0) is 11.3 Å². The van der Waals surface area contributed by atoms with Crippen LogP contribution in [0.25, 0.3) is 6.08 Å². The first-order valence-electron chi connectivity index (χ1n) is 7.10. The van der Waals surface area contributed by atoms with E-state index in [0.717, 1.165) is 11.1 Å². The van der Waals surface area contributed by atoms with E-state index in [1.54, 1.807) is 18.5 Å². The predicted octanol–water partition coefficient (Wildman–Crippen LogP) is 3.53. The van der Waals surface area contributed by atoms with E-state index in [1.165, 1.54) is 5.56 Å². The lowest BCUT2D eigenvalue weighted by atomic mass is 10.0. The van der Waals surface area contributed by atoms with E-state index in [2.05, 4.69) is 36.3 Å². The highest BCUT2D eigenvalue weighted by atomic mass is 16.1. The van der Waals surface area contributed by atoms with E-state index < -0.39 is 0 Å². The topological polar surface area (TPSA) is 42.0 Å². The molecule has 1 N–H and O–H groups in total. The number of amides is 1. The molecule has 0 fully saturated rings. The number of rotatable bonds is 5. The van der Waals surface area contributed by atoms with E-state index in [4.69, 9.17) is 0 Å². The van der Waals surface area contributed by atoms with Crippen molar-refractivity contribution >= 4 is 12.0 Å². The monoisotopic (exact) mass is 280 g/mol. The van der Waals surface area contributed by atoms with E-state index in [-0.39, 0.29) is 5.91 Å². The third-order valence-corrected chi connectivity index (χ3v) is 3.25. The number of nitrogens with zero attached hydrogens (tertiary/aromatic N) is 1. The Kier molecular flexibility index (Phi) is 5.27. The molecule has 0 aliphatic carbocycles. The number of pyridine rings is 1. The van der Waals surface area contributed by atoms with Crippen molar-refractivity contribution in [3.05, 3.63) is 71.6 Å². The van der Waals surface area contributed by atoms with Gasteiger partial charge in [0, 0.05) is 25.0 Å². The Morgan fingerprint density at radius 1 is 1.14 bits per heavy atom. The number of carbonyl (C=O) groups is 1. The van der Waals surface area contributed by atoms with Gasteiger partial charge in [0.15, 0.2) is 0 Å². The van der Waals surface area contributed by atoms with Gasteiger partial charge >= 0.3 is 0 Å². The second kappa shape index (κ2) is 7.39. The van der Waals surface area contributed by atoms with E-state index in [0.29, 0.717) is 12.5 Å². The second-order valence-corrected chi connectivity index (χ2v) is 5.23. The zero-order valence-electron chi connectivity index (χ0n) is 12.4. The molecule has 0 atom stereocenters. The Balaban J connectivity index is 1.87. The van der Waals surface area contributed by atoms with E-state index >= 15 is 0 Å². The lowest BCUT2D eigenvalue weighted by Crippen LogP contribution is -2.20. The molecule has 1 amide bonds. The van der Waals surface area contributed by atoms with Crippen LogP contribution in [0.4, 0.5) is 0 Å². The molecule has 0 aliphatic heterocycles. The molecule has 0 aliphatic rings. The van der Waals surface area contributed by atoms with Gasteiger partial charge in [0.1, 0.15) is 0 Å². The Morgan fingerprint density at radius 2 is 1.81 bits per heavy atom. The molecule has 0 saturated heterocycles. The molecule has 21 heavy (non-hydrogen) atoms. The smallest absolute Gasteiger partial charge is 0.244 e. The van der Waals surface area contributed by atoms with Crippen molar-refractivity contribution < 1.29 is 4.79 Å². The summed E-state index contributed by atoms with van der Waals surface area (Å²) in [5, 5.41) is 2.85. The second-order valence-electron chi connectivity index (χ2n) is 5.23. The number of carbonyl (C=O) groups excluding carboxylic acids is 1. The summed E-state index contributed by atoms with van der Waals surface area (Å²) in [6.07, 6.45) is 6.82. The quantitative estimate of drug-likeness (QED) is 0.851.